The number of fused-ring (bicyclic) bond motifs is 1. The van der Waals surface area contributed by atoms with Gasteiger partial charge in [0.05, 0.1) is 6.33 Å². The van der Waals surface area contributed by atoms with E-state index in [1.165, 1.54) is 25.7 Å². The summed E-state index contributed by atoms with van der Waals surface area (Å²) >= 11 is 0. The van der Waals surface area contributed by atoms with E-state index in [0.29, 0.717) is 12.0 Å². The topological polar surface area (TPSA) is 55.6 Å². The molecule has 0 unspecified atom stereocenters. The molecule has 5 nitrogen and oxygen atoms in total. The van der Waals surface area contributed by atoms with Gasteiger partial charge < -0.3 is 9.88 Å². The van der Waals surface area contributed by atoms with Crippen molar-refractivity contribution in [2.24, 2.45) is 5.92 Å². The Labute approximate surface area is 119 Å². The first kappa shape index (κ1) is 13.3. The first-order valence-corrected chi connectivity index (χ1v) is 7.67. The number of aromatic nitrogens is 4. The highest BCUT2D eigenvalue weighted by atomic mass is 15.2. The molecule has 0 aliphatic heterocycles. The van der Waals surface area contributed by atoms with Crippen molar-refractivity contribution in [3.63, 3.8) is 0 Å². The van der Waals surface area contributed by atoms with Crippen molar-refractivity contribution in [3.05, 3.63) is 12.7 Å². The third-order valence-electron chi connectivity index (χ3n) is 4.09. The van der Waals surface area contributed by atoms with Gasteiger partial charge in [-0.2, -0.15) is 0 Å². The number of imidazole rings is 1. The quantitative estimate of drug-likeness (QED) is 0.907. The second kappa shape index (κ2) is 5.77. The predicted octanol–water partition coefficient (Wildman–Crippen LogP) is 3.40. The molecule has 1 aliphatic carbocycles. The molecule has 0 saturated heterocycles. The van der Waals surface area contributed by atoms with Crippen LogP contribution in [-0.2, 0) is 0 Å². The Balaban J connectivity index is 1.83. The van der Waals surface area contributed by atoms with Gasteiger partial charge in [-0.15, -0.1) is 0 Å². The molecule has 2 heterocycles. The zero-order valence-electron chi connectivity index (χ0n) is 12.3. The van der Waals surface area contributed by atoms with Crippen molar-refractivity contribution in [3.8, 4) is 0 Å². The van der Waals surface area contributed by atoms with E-state index in [1.807, 2.05) is 6.33 Å². The first-order chi connectivity index (χ1) is 9.75. The maximum Gasteiger partial charge on any atom is 0.165 e. The summed E-state index contributed by atoms with van der Waals surface area (Å²) in [5.41, 5.74) is 1.88. The fourth-order valence-corrected chi connectivity index (χ4v) is 2.91. The van der Waals surface area contributed by atoms with Crippen LogP contribution in [-0.4, -0.2) is 26.1 Å². The van der Waals surface area contributed by atoms with Gasteiger partial charge in [-0.3, -0.25) is 0 Å². The molecule has 1 aliphatic rings. The van der Waals surface area contributed by atoms with Gasteiger partial charge in [0.2, 0.25) is 0 Å². The SMILES string of the molecule is CC(C)CCNc1ncnc2c1ncn2C1CCCC1. The number of nitrogens with one attached hydrogen (secondary N) is 1. The number of hydrogen-bond acceptors (Lipinski definition) is 4. The van der Waals surface area contributed by atoms with E-state index in [1.54, 1.807) is 6.33 Å². The largest absolute Gasteiger partial charge is 0.368 e. The van der Waals surface area contributed by atoms with Gasteiger partial charge in [0.1, 0.15) is 11.8 Å². The smallest absolute Gasteiger partial charge is 0.165 e. The van der Waals surface area contributed by atoms with Gasteiger partial charge in [-0.25, -0.2) is 15.0 Å². The lowest BCUT2D eigenvalue weighted by Crippen LogP contribution is -2.08. The van der Waals surface area contributed by atoms with Crippen molar-refractivity contribution in [2.75, 3.05) is 11.9 Å². The summed E-state index contributed by atoms with van der Waals surface area (Å²) in [5, 5.41) is 3.40. The molecule has 0 radical (unpaired) electrons. The first-order valence-electron chi connectivity index (χ1n) is 7.67. The maximum atomic E-state index is 4.54. The summed E-state index contributed by atoms with van der Waals surface area (Å²) in [6, 6.07) is 0.568. The van der Waals surface area contributed by atoms with Crippen molar-refractivity contribution in [1.29, 1.82) is 0 Å². The van der Waals surface area contributed by atoms with Crippen LogP contribution in [0.2, 0.25) is 0 Å². The second-order valence-corrected chi connectivity index (χ2v) is 6.09. The van der Waals surface area contributed by atoms with Gasteiger partial charge in [0, 0.05) is 12.6 Å². The summed E-state index contributed by atoms with van der Waals surface area (Å²) in [7, 11) is 0. The Morgan fingerprint density at radius 2 is 2.05 bits per heavy atom. The highest BCUT2D eigenvalue weighted by Gasteiger charge is 2.20. The highest BCUT2D eigenvalue weighted by Crippen LogP contribution is 2.32. The zero-order chi connectivity index (χ0) is 13.9. The van der Waals surface area contributed by atoms with Crippen LogP contribution in [0.3, 0.4) is 0 Å². The van der Waals surface area contributed by atoms with Crippen LogP contribution in [0.1, 0.15) is 52.0 Å². The van der Waals surface area contributed by atoms with Crippen molar-refractivity contribution < 1.29 is 0 Å². The van der Waals surface area contributed by atoms with Crippen LogP contribution in [0.4, 0.5) is 5.82 Å². The van der Waals surface area contributed by atoms with Crippen LogP contribution in [0.15, 0.2) is 12.7 Å². The summed E-state index contributed by atoms with van der Waals surface area (Å²) in [4.78, 5) is 13.3. The third-order valence-corrected chi connectivity index (χ3v) is 4.09. The van der Waals surface area contributed by atoms with E-state index in [9.17, 15) is 0 Å². The number of hydrogen-bond donors (Lipinski definition) is 1. The lowest BCUT2D eigenvalue weighted by molar-refractivity contribution is 0.529. The molecule has 1 fully saturated rings. The van der Waals surface area contributed by atoms with E-state index in [0.717, 1.165) is 29.9 Å². The average molecular weight is 273 g/mol. The summed E-state index contributed by atoms with van der Waals surface area (Å²) in [5.74, 6) is 1.56. The predicted molar refractivity (Wildman–Crippen MR) is 80.8 cm³/mol. The Morgan fingerprint density at radius 1 is 1.25 bits per heavy atom. The highest BCUT2D eigenvalue weighted by molar-refractivity contribution is 5.82. The van der Waals surface area contributed by atoms with Crippen molar-refractivity contribution in [2.45, 2.75) is 52.0 Å². The molecular formula is C15H23N5. The third kappa shape index (κ3) is 2.62. The standard InChI is InChI=1S/C15H23N5/c1-11(2)7-8-16-14-13-15(18-9-17-14)20(10-19-13)12-5-3-4-6-12/h9-12H,3-8H2,1-2H3,(H,16,17,18). The van der Waals surface area contributed by atoms with E-state index in [2.05, 4.69) is 38.7 Å². The molecule has 2 aromatic heterocycles. The number of nitrogens with zero attached hydrogens (tertiary/aromatic N) is 4. The molecule has 1 N–H and O–H groups in total. The fraction of sp³-hybridized carbons (Fsp3) is 0.667. The fourth-order valence-electron chi connectivity index (χ4n) is 2.91. The van der Waals surface area contributed by atoms with Gasteiger partial charge >= 0.3 is 0 Å². The number of anilines is 1. The molecule has 0 bridgehead atoms. The minimum atomic E-state index is 0.568. The summed E-state index contributed by atoms with van der Waals surface area (Å²) < 4.78 is 2.23. The molecule has 108 valence electrons. The molecule has 2 aromatic rings. The Morgan fingerprint density at radius 3 is 2.80 bits per heavy atom. The van der Waals surface area contributed by atoms with E-state index < -0.39 is 0 Å². The summed E-state index contributed by atoms with van der Waals surface area (Å²) in [6.45, 7) is 5.39. The van der Waals surface area contributed by atoms with Gasteiger partial charge in [0.25, 0.3) is 0 Å². The minimum absolute atomic E-state index is 0.568. The molecule has 1 saturated carbocycles. The van der Waals surface area contributed by atoms with Gasteiger partial charge in [-0.1, -0.05) is 26.7 Å². The van der Waals surface area contributed by atoms with Crippen LogP contribution < -0.4 is 5.32 Å². The molecular weight excluding hydrogens is 250 g/mol. The molecule has 3 rings (SSSR count). The lowest BCUT2D eigenvalue weighted by atomic mass is 10.1. The molecule has 5 heteroatoms. The molecule has 0 spiro atoms. The van der Waals surface area contributed by atoms with Gasteiger partial charge in [-0.05, 0) is 25.2 Å². The second-order valence-electron chi connectivity index (χ2n) is 6.09. The Hall–Kier alpha value is -1.65. The van der Waals surface area contributed by atoms with E-state index in [4.69, 9.17) is 0 Å². The molecule has 0 atom stereocenters. The van der Waals surface area contributed by atoms with E-state index >= 15 is 0 Å². The van der Waals surface area contributed by atoms with Gasteiger partial charge in [0.15, 0.2) is 11.5 Å². The Kier molecular flexibility index (Phi) is 3.85. The lowest BCUT2D eigenvalue weighted by Gasteiger charge is -2.12. The van der Waals surface area contributed by atoms with Crippen LogP contribution in [0, 0.1) is 5.92 Å². The minimum Gasteiger partial charge on any atom is -0.368 e. The maximum absolute atomic E-state index is 4.54. The zero-order valence-corrected chi connectivity index (χ0v) is 12.3. The van der Waals surface area contributed by atoms with E-state index in [-0.39, 0.29) is 0 Å². The summed E-state index contributed by atoms with van der Waals surface area (Å²) in [6.07, 6.45) is 9.83. The number of rotatable bonds is 5. The van der Waals surface area contributed by atoms with Crippen LogP contribution in [0.5, 0.6) is 0 Å². The van der Waals surface area contributed by atoms with Crippen LogP contribution in [0.25, 0.3) is 11.2 Å². The van der Waals surface area contributed by atoms with Crippen LogP contribution >= 0.6 is 0 Å². The molecule has 0 aromatic carbocycles. The monoisotopic (exact) mass is 273 g/mol. The van der Waals surface area contributed by atoms with Crippen molar-refractivity contribution >= 4 is 17.0 Å². The molecule has 0 amide bonds. The normalized spacial score (nSPS) is 16.4. The Bertz CT molecular complexity index is 569. The van der Waals surface area contributed by atoms with Crippen molar-refractivity contribution in [1.82, 2.24) is 19.5 Å². The average Bonchev–Trinajstić information content (AvgIpc) is 3.07. The molecule has 20 heavy (non-hydrogen) atoms.